The first kappa shape index (κ1) is 31.2. The SMILES string of the molecule is C=C\C(=C/C(=C\C)C(/C=C(/CC(=C)Nc1nccc(-c2ccccn2)c1C)C(=C)N)=C/C)NC(=C)C1CCCCC1. The van der Waals surface area contributed by atoms with Crippen molar-refractivity contribution in [3.8, 4) is 11.3 Å². The quantitative estimate of drug-likeness (QED) is 0.218. The zero-order valence-electron chi connectivity index (χ0n) is 25.0. The summed E-state index contributed by atoms with van der Waals surface area (Å²) in [6.45, 7) is 22.8. The molecule has 0 aliphatic heterocycles. The maximum absolute atomic E-state index is 6.27. The van der Waals surface area contributed by atoms with Crippen molar-refractivity contribution in [3.63, 3.8) is 0 Å². The van der Waals surface area contributed by atoms with Crippen molar-refractivity contribution in [2.75, 3.05) is 5.32 Å². The fraction of sp³-hybridized carbons (Fsp3) is 0.278. The Morgan fingerprint density at radius 1 is 0.976 bits per heavy atom. The van der Waals surface area contributed by atoms with Gasteiger partial charge in [0.1, 0.15) is 5.82 Å². The number of anilines is 1. The van der Waals surface area contributed by atoms with Crippen LogP contribution >= 0.6 is 0 Å². The minimum atomic E-state index is 0.492. The Balaban J connectivity index is 1.77. The minimum Gasteiger partial charge on any atom is -0.399 e. The van der Waals surface area contributed by atoms with Crippen molar-refractivity contribution in [1.29, 1.82) is 0 Å². The molecular formula is C36H45N5. The Labute approximate surface area is 246 Å². The summed E-state index contributed by atoms with van der Waals surface area (Å²) in [4.78, 5) is 9.04. The second kappa shape index (κ2) is 15.4. The largest absolute Gasteiger partial charge is 0.399 e. The molecule has 0 amide bonds. The van der Waals surface area contributed by atoms with Gasteiger partial charge in [0, 0.05) is 52.7 Å². The molecule has 2 heterocycles. The second-order valence-electron chi connectivity index (χ2n) is 10.4. The van der Waals surface area contributed by atoms with Crippen LogP contribution in [0.15, 0.2) is 133 Å². The number of nitrogens with two attached hydrogens (primary N) is 1. The van der Waals surface area contributed by atoms with Gasteiger partial charge in [0.15, 0.2) is 0 Å². The molecule has 0 atom stereocenters. The highest BCUT2D eigenvalue weighted by Gasteiger charge is 2.17. The molecule has 0 saturated heterocycles. The Bertz CT molecular complexity index is 1380. The van der Waals surface area contributed by atoms with E-state index in [1.54, 1.807) is 12.4 Å². The Kier molecular flexibility index (Phi) is 11.7. The van der Waals surface area contributed by atoms with E-state index in [1.807, 2.05) is 51.1 Å². The molecule has 0 unspecified atom stereocenters. The van der Waals surface area contributed by atoms with E-state index in [4.69, 9.17) is 5.73 Å². The van der Waals surface area contributed by atoms with Gasteiger partial charge < -0.3 is 16.4 Å². The predicted molar refractivity (Wildman–Crippen MR) is 176 cm³/mol. The van der Waals surface area contributed by atoms with Crippen LogP contribution in [0, 0.1) is 12.8 Å². The van der Waals surface area contributed by atoms with Crippen LogP contribution in [0.5, 0.6) is 0 Å². The highest BCUT2D eigenvalue weighted by molar-refractivity contribution is 5.69. The van der Waals surface area contributed by atoms with Gasteiger partial charge in [-0.2, -0.15) is 0 Å². The maximum Gasteiger partial charge on any atom is 0.133 e. The van der Waals surface area contributed by atoms with Crippen LogP contribution in [0.2, 0.25) is 0 Å². The lowest BCUT2D eigenvalue weighted by Gasteiger charge is -2.25. The molecule has 214 valence electrons. The number of nitrogens with zero attached hydrogens (tertiary/aromatic N) is 2. The molecule has 4 N–H and O–H groups in total. The van der Waals surface area contributed by atoms with Crippen LogP contribution in [0.1, 0.15) is 57.9 Å². The lowest BCUT2D eigenvalue weighted by Crippen LogP contribution is -2.20. The summed E-state index contributed by atoms with van der Waals surface area (Å²) in [7, 11) is 0. The molecule has 0 aromatic carbocycles. The van der Waals surface area contributed by atoms with Gasteiger partial charge in [0.05, 0.1) is 5.69 Å². The smallest absolute Gasteiger partial charge is 0.133 e. The van der Waals surface area contributed by atoms with E-state index >= 15 is 0 Å². The highest BCUT2D eigenvalue weighted by Crippen LogP contribution is 2.30. The Morgan fingerprint density at radius 2 is 1.68 bits per heavy atom. The minimum absolute atomic E-state index is 0.492. The zero-order valence-corrected chi connectivity index (χ0v) is 25.0. The predicted octanol–water partition coefficient (Wildman–Crippen LogP) is 8.81. The molecule has 1 aliphatic rings. The first-order valence-electron chi connectivity index (χ1n) is 14.4. The standard InChI is InChI=1S/C36H45N5/c1-8-29(30(9-2)24-33(10-3)41-28(7)31-16-12-11-13-17-31)23-32(27(6)37)22-25(4)40-36-26(5)34(19-21-39-36)35-18-14-15-20-38-35/h8-10,14-15,18-21,23-24,31,41H,3-4,6-7,11-13,16-17,22,37H2,1-2,5H3,(H,39,40)/b29-8+,30-9+,32-23-,33-24+. The fourth-order valence-corrected chi connectivity index (χ4v) is 5.07. The van der Waals surface area contributed by atoms with E-state index < -0.39 is 0 Å². The van der Waals surface area contributed by atoms with Gasteiger partial charge in [-0.15, -0.1) is 0 Å². The van der Waals surface area contributed by atoms with E-state index in [1.165, 1.54) is 32.1 Å². The van der Waals surface area contributed by atoms with Gasteiger partial charge in [-0.3, -0.25) is 4.98 Å². The van der Waals surface area contributed by atoms with Crippen molar-refractivity contribution in [2.24, 2.45) is 11.7 Å². The summed E-state index contributed by atoms with van der Waals surface area (Å²) in [5, 5.41) is 6.90. The molecule has 0 bridgehead atoms. The first-order valence-corrected chi connectivity index (χ1v) is 14.4. The molecule has 41 heavy (non-hydrogen) atoms. The zero-order chi connectivity index (χ0) is 29.8. The molecule has 3 rings (SSSR count). The molecule has 0 spiro atoms. The molecule has 5 heteroatoms. The molecular weight excluding hydrogens is 502 g/mol. The summed E-state index contributed by atoms with van der Waals surface area (Å²) >= 11 is 0. The first-order chi connectivity index (χ1) is 19.8. The van der Waals surface area contributed by atoms with E-state index in [9.17, 15) is 0 Å². The van der Waals surface area contributed by atoms with Gasteiger partial charge in [0.2, 0.25) is 0 Å². The Hall–Kier alpha value is -4.38. The molecule has 5 nitrogen and oxygen atoms in total. The van der Waals surface area contributed by atoms with Crippen molar-refractivity contribution in [3.05, 3.63) is 138 Å². The Morgan fingerprint density at radius 3 is 2.29 bits per heavy atom. The molecule has 1 fully saturated rings. The topological polar surface area (TPSA) is 75.9 Å². The van der Waals surface area contributed by atoms with Gasteiger partial charge in [-0.25, -0.2) is 4.98 Å². The third-order valence-corrected chi connectivity index (χ3v) is 7.48. The van der Waals surface area contributed by atoms with Crippen LogP contribution in [-0.4, -0.2) is 9.97 Å². The average molecular weight is 548 g/mol. The molecule has 0 radical (unpaired) electrons. The average Bonchev–Trinajstić information content (AvgIpc) is 2.99. The van der Waals surface area contributed by atoms with Crippen LogP contribution in [0.4, 0.5) is 5.82 Å². The van der Waals surface area contributed by atoms with E-state index in [2.05, 4.69) is 71.2 Å². The van der Waals surface area contributed by atoms with Crippen LogP contribution < -0.4 is 16.4 Å². The molecule has 2 aromatic heterocycles. The fourth-order valence-electron chi connectivity index (χ4n) is 5.07. The van der Waals surface area contributed by atoms with Crippen molar-refractivity contribution in [2.45, 2.75) is 59.3 Å². The van der Waals surface area contributed by atoms with Crippen molar-refractivity contribution in [1.82, 2.24) is 15.3 Å². The summed E-state index contributed by atoms with van der Waals surface area (Å²) in [6.07, 6.45) is 20.5. The number of aromatic nitrogens is 2. The van der Waals surface area contributed by atoms with E-state index in [0.29, 0.717) is 18.0 Å². The molecule has 1 aliphatic carbocycles. The monoisotopic (exact) mass is 547 g/mol. The molecule has 1 saturated carbocycles. The van der Waals surface area contributed by atoms with Gasteiger partial charge in [-0.05, 0) is 92.7 Å². The maximum atomic E-state index is 6.27. The van der Waals surface area contributed by atoms with E-state index in [0.717, 1.165) is 56.4 Å². The summed E-state index contributed by atoms with van der Waals surface area (Å²) in [6, 6.07) is 7.85. The number of hydrogen-bond acceptors (Lipinski definition) is 5. The third kappa shape index (κ3) is 8.81. The third-order valence-electron chi connectivity index (χ3n) is 7.48. The van der Waals surface area contributed by atoms with Gasteiger partial charge in [0.25, 0.3) is 0 Å². The number of allylic oxidation sites excluding steroid dienone is 10. The van der Waals surface area contributed by atoms with Gasteiger partial charge in [-0.1, -0.05) is 63.8 Å². The van der Waals surface area contributed by atoms with Crippen molar-refractivity contribution < 1.29 is 0 Å². The summed E-state index contributed by atoms with van der Waals surface area (Å²) in [5.41, 5.74) is 15.4. The lowest BCUT2D eigenvalue weighted by molar-refractivity contribution is 0.393. The van der Waals surface area contributed by atoms with Gasteiger partial charge >= 0.3 is 0 Å². The number of rotatable bonds is 13. The van der Waals surface area contributed by atoms with Crippen LogP contribution in [0.25, 0.3) is 11.3 Å². The van der Waals surface area contributed by atoms with Crippen LogP contribution in [0.3, 0.4) is 0 Å². The number of nitrogens with one attached hydrogen (secondary N) is 2. The highest BCUT2D eigenvalue weighted by atomic mass is 15.0. The van der Waals surface area contributed by atoms with Crippen LogP contribution in [-0.2, 0) is 0 Å². The second-order valence-corrected chi connectivity index (χ2v) is 10.4. The summed E-state index contributed by atoms with van der Waals surface area (Å²) in [5.74, 6) is 1.25. The normalized spacial score (nSPS) is 15.3. The van der Waals surface area contributed by atoms with E-state index in [-0.39, 0.29) is 0 Å². The number of hydrogen-bond donors (Lipinski definition) is 3. The summed E-state index contributed by atoms with van der Waals surface area (Å²) < 4.78 is 0. The van der Waals surface area contributed by atoms with Crippen molar-refractivity contribution >= 4 is 5.82 Å². The number of pyridine rings is 2. The molecule has 2 aromatic rings. The lowest BCUT2D eigenvalue weighted by atomic mass is 9.87.